The van der Waals surface area contributed by atoms with Crippen LogP contribution in [0.2, 0.25) is 0 Å². The van der Waals surface area contributed by atoms with Gasteiger partial charge in [-0.3, -0.25) is 24.0 Å². The van der Waals surface area contributed by atoms with E-state index in [9.17, 15) is 39.0 Å². The average molecular weight is 664 g/mol. The van der Waals surface area contributed by atoms with Crippen molar-refractivity contribution < 1.29 is 39.0 Å². The molecule has 2 aromatic carbocycles. The van der Waals surface area contributed by atoms with Gasteiger partial charge < -0.3 is 36.8 Å². The van der Waals surface area contributed by atoms with Gasteiger partial charge in [0.2, 0.25) is 23.6 Å². The van der Waals surface area contributed by atoms with E-state index >= 15 is 0 Å². The van der Waals surface area contributed by atoms with Crippen LogP contribution in [-0.2, 0) is 48.0 Å². The molecule has 1 unspecified atom stereocenters. The number of hydrogen-bond acceptors (Lipinski definition) is 8. The van der Waals surface area contributed by atoms with Crippen LogP contribution in [0.3, 0.4) is 0 Å². The van der Waals surface area contributed by atoms with Crippen molar-refractivity contribution in [1.29, 1.82) is 0 Å². The highest BCUT2D eigenvalue weighted by Gasteiger charge is 2.31. The highest BCUT2D eigenvalue weighted by molar-refractivity contribution is 7.09. The van der Waals surface area contributed by atoms with Crippen LogP contribution in [0.5, 0.6) is 0 Å². The molecule has 0 saturated heterocycles. The zero-order chi connectivity index (χ0) is 33.9. The maximum atomic E-state index is 13.5. The molecule has 2 bridgehead atoms. The summed E-state index contributed by atoms with van der Waals surface area (Å²) in [6.45, 7) is 1.41. The normalized spacial score (nSPS) is 23.4. The number of benzene rings is 2. The lowest BCUT2D eigenvalue weighted by molar-refractivity contribution is -0.142. The van der Waals surface area contributed by atoms with Gasteiger partial charge in [0.25, 0.3) is 5.91 Å². The molecule has 47 heavy (non-hydrogen) atoms. The molecule has 0 radical (unpaired) electrons. The number of aliphatic hydroxyl groups excluding tert-OH is 1. The number of carbonyl (C=O) groups excluding carboxylic acids is 5. The van der Waals surface area contributed by atoms with Crippen molar-refractivity contribution in [3.05, 3.63) is 88.1 Å². The van der Waals surface area contributed by atoms with Crippen molar-refractivity contribution in [2.75, 3.05) is 5.32 Å². The third-order valence-corrected chi connectivity index (χ3v) is 8.47. The fourth-order valence-electron chi connectivity index (χ4n) is 4.92. The largest absolute Gasteiger partial charge is 0.480 e. The van der Waals surface area contributed by atoms with Crippen LogP contribution in [0.4, 0.5) is 5.69 Å². The van der Waals surface area contributed by atoms with Crippen LogP contribution >= 0.6 is 11.3 Å². The Morgan fingerprint density at radius 3 is 2.15 bits per heavy atom. The minimum absolute atomic E-state index is 0.0433. The molecule has 0 spiro atoms. The second-order valence-corrected chi connectivity index (χ2v) is 12.3. The first-order valence-electron chi connectivity index (χ1n) is 15.1. The zero-order valence-electron chi connectivity index (χ0n) is 25.6. The third-order valence-electron chi connectivity index (χ3n) is 7.54. The van der Waals surface area contributed by atoms with Crippen LogP contribution in [-0.4, -0.2) is 76.0 Å². The summed E-state index contributed by atoms with van der Waals surface area (Å²) >= 11 is 1.47. The van der Waals surface area contributed by atoms with Gasteiger partial charge in [0, 0.05) is 23.4 Å². The molecule has 1 aromatic heterocycles. The fraction of sp³-hybridized carbons (Fsp3) is 0.333. The first kappa shape index (κ1) is 34.8. The second kappa shape index (κ2) is 16.5. The fourth-order valence-corrected chi connectivity index (χ4v) is 5.65. The van der Waals surface area contributed by atoms with Crippen LogP contribution < -0.4 is 26.6 Å². The highest BCUT2D eigenvalue weighted by atomic mass is 32.1. The molecule has 14 heteroatoms. The summed E-state index contributed by atoms with van der Waals surface area (Å²) in [5.41, 5.74) is 1.51. The monoisotopic (exact) mass is 663 g/mol. The van der Waals surface area contributed by atoms with E-state index in [-0.39, 0.29) is 24.9 Å². The van der Waals surface area contributed by atoms with E-state index in [0.29, 0.717) is 17.5 Å². The summed E-state index contributed by atoms with van der Waals surface area (Å²) in [4.78, 5) is 78.8. The lowest BCUT2D eigenvalue weighted by atomic mass is 10.0. The summed E-state index contributed by atoms with van der Waals surface area (Å²) in [7, 11) is 0. The van der Waals surface area contributed by atoms with Crippen molar-refractivity contribution >= 4 is 52.5 Å². The maximum Gasteiger partial charge on any atom is 0.326 e. The van der Waals surface area contributed by atoms with E-state index in [1.807, 2.05) is 17.5 Å². The lowest BCUT2D eigenvalue weighted by Gasteiger charge is -2.25. The van der Waals surface area contributed by atoms with Crippen LogP contribution in [0.15, 0.2) is 72.1 Å². The van der Waals surface area contributed by atoms with E-state index in [1.165, 1.54) is 30.4 Å². The molecule has 5 rings (SSSR count). The lowest BCUT2D eigenvalue weighted by Crippen LogP contribution is -2.57. The van der Waals surface area contributed by atoms with Gasteiger partial charge in [-0.1, -0.05) is 48.5 Å². The van der Waals surface area contributed by atoms with E-state index in [0.717, 1.165) is 4.88 Å². The molecule has 3 aromatic rings. The van der Waals surface area contributed by atoms with Crippen molar-refractivity contribution in [3.8, 4) is 0 Å². The Kier molecular flexibility index (Phi) is 12.2. The van der Waals surface area contributed by atoms with Crippen molar-refractivity contribution in [2.24, 2.45) is 0 Å². The molecule has 2 aliphatic rings. The molecule has 7 N–H and O–H groups in total. The number of carboxylic acids is 1. The Balaban J connectivity index is 1.62. The topological polar surface area (TPSA) is 203 Å². The summed E-state index contributed by atoms with van der Waals surface area (Å²) in [5.74, 6) is -5.04. The van der Waals surface area contributed by atoms with Crippen molar-refractivity contribution in [1.82, 2.24) is 21.3 Å². The van der Waals surface area contributed by atoms with Gasteiger partial charge in [-0.05, 0) is 54.5 Å². The first-order valence-corrected chi connectivity index (χ1v) is 15.9. The smallest absolute Gasteiger partial charge is 0.326 e. The number of hydrogen-bond donors (Lipinski definition) is 7. The van der Waals surface area contributed by atoms with Crippen LogP contribution in [0, 0.1) is 0 Å². The number of aryl methyl sites for hydroxylation is 1. The molecule has 2 aliphatic heterocycles. The first-order chi connectivity index (χ1) is 22.5. The number of amides is 5. The summed E-state index contributed by atoms with van der Waals surface area (Å²) in [5, 5.41) is 35.0. The molecule has 248 valence electrons. The van der Waals surface area contributed by atoms with E-state index < -0.39 is 72.2 Å². The minimum atomic E-state index is -1.73. The minimum Gasteiger partial charge on any atom is -0.480 e. The Labute approximate surface area is 275 Å². The Morgan fingerprint density at radius 2 is 1.49 bits per heavy atom. The second-order valence-electron chi connectivity index (χ2n) is 11.2. The van der Waals surface area contributed by atoms with Gasteiger partial charge in [-0.2, -0.15) is 0 Å². The summed E-state index contributed by atoms with van der Waals surface area (Å²) in [6.07, 6.45) is -1.83. The average Bonchev–Trinajstić information content (AvgIpc) is 3.56. The quantitative estimate of drug-likeness (QED) is 0.189. The molecular weight excluding hydrogens is 626 g/mol. The maximum absolute atomic E-state index is 13.5. The summed E-state index contributed by atoms with van der Waals surface area (Å²) < 4.78 is 0. The van der Waals surface area contributed by atoms with Crippen LogP contribution in [0.25, 0.3) is 0 Å². The standard InChI is InChI=1S/C33H37N5O8S/c1-19-29(41)37-25(16-20-6-3-2-4-7-20)31(43)38-26(33(45)46)17-21-9-11-22(12-10-21)35-32(44)27(39)18-28(40)36-24(30(42)34-19)14-13-23-8-5-15-47-23/h2-12,15,19,24-27,39H,13-14,16-18H2,1H3,(H,34,42)(H,35,44)(H,36,40)(H,37,41)(H,38,43)(H,45,46)/t19?,24-,25-,26+,27-/m1/s1. The van der Waals surface area contributed by atoms with Crippen molar-refractivity contribution in [3.63, 3.8) is 0 Å². The predicted octanol–water partition coefficient (Wildman–Crippen LogP) is 0.913. The zero-order valence-corrected chi connectivity index (χ0v) is 26.4. The number of aliphatic carboxylic acids is 1. The Morgan fingerprint density at radius 1 is 0.787 bits per heavy atom. The van der Waals surface area contributed by atoms with Gasteiger partial charge in [0.1, 0.15) is 30.3 Å². The molecule has 3 heterocycles. The van der Waals surface area contributed by atoms with Crippen LogP contribution in [0.1, 0.15) is 35.8 Å². The highest BCUT2D eigenvalue weighted by Crippen LogP contribution is 2.15. The number of thiophene rings is 1. The molecule has 13 nitrogen and oxygen atoms in total. The number of anilines is 1. The third kappa shape index (κ3) is 10.5. The number of carbonyl (C=O) groups is 6. The number of aliphatic hydroxyl groups is 1. The van der Waals surface area contributed by atoms with Gasteiger partial charge >= 0.3 is 5.97 Å². The number of rotatable bonds is 6. The molecule has 0 saturated carbocycles. The number of fused-ring (bicyclic) bond motifs is 18. The number of carboxylic acid groups (broad SMARTS) is 1. The Bertz CT molecular complexity index is 1570. The van der Waals surface area contributed by atoms with Gasteiger partial charge in [-0.25, -0.2) is 4.79 Å². The number of nitrogens with one attached hydrogen (secondary N) is 5. The summed E-state index contributed by atoms with van der Waals surface area (Å²) in [6, 6.07) is 13.9. The van der Waals surface area contributed by atoms with E-state index in [2.05, 4.69) is 26.6 Å². The van der Waals surface area contributed by atoms with E-state index in [1.54, 1.807) is 42.5 Å². The molecule has 0 fully saturated rings. The molecule has 0 aliphatic carbocycles. The van der Waals surface area contributed by atoms with Gasteiger partial charge in [-0.15, -0.1) is 11.3 Å². The molecule has 5 amide bonds. The predicted molar refractivity (Wildman–Crippen MR) is 173 cm³/mol. The van der Waals surface area contributed by atoms with E-state index in [4.69, 9.17) is 0 Å². The molecular formula is C33H37N5O8S. The SMILES string of the molecule is CC1NC(=O)[C@@H](CCc2cccs2)NC(=O)C[C@@H](O)C(=O)Nc2ccc(cc2)C[C@@H](C(=O)O)NC(=O)[C@@H](Cc2ccccc2)NC1=O. The van der Waals surface area contributed by atoms with Gasteiger partial charge in [0.05, 0.1) is 6.42 Å². The Hall–Kier alpha value is -5.08. The van der Waals surface area contributed by atoms with Crippen molar-refractivity contribution in [2.45, 2.75) is 69.3 Å². The molecule has 5 atom stereocenters. The van der Waals surface area contributed by atoms with Gasteiger partial charge in [0.15, 0.2) is 0 Å².